The van der Waals surface area contributed by atoms with Crippen molar-refractivity contribution in [1.82, 2.24) is 9.29 Å². The molecule has 0 aromatic carbocycles. The highest BCUT2D eigenvalue weighted by Gasteiger charge is 2.36. The Hall–Kier alpha value is -1.55. The SMILES string of the molecule is C=CCN(C(=O)C1CCCN(S(=O)(=O)c2ccc(C)s2)C1)c1nc2c(s1)CCCC2. The monoisotopic (exact) mass is 465 g/mol. The second-order valence-corrected chi connectivity index (χ2v) is 12.4. The van der Waals surface area contributed by atoms with Crippen LogP contribution in [-0.2, 0) is 27.7 Å². The third-order valence-corrected chi connectivity index (χ3v) is 10.2. The topological polar surface area (TPSA) is 70.6 Å². The molecular formula is C21H27N3O3S3. The number of anilines is 1. The van der Waals surface area contributed by atoms with Gasteiger partial charge in [-0.15, -0.1) is 29.3 Å². The van der Waals surface area contributed by atoms with Crippen LogP contribution < -0.4 is 4.90 Å². The van der Waals surface area contributed by atoms with Crippen molar-refractivity contribution in [2.45, 2.75) is 49.7 Å². The van der Waals surface area contributed by atoms with E-state index in [0.717, 1.165) is 35.0 Å². The Morgan fingerprint density at radius 3 is 2.80 bits per heavy atom. The summed E-state index contributed by atoms with van der Waals surface area (Å²) in [6.07, 6.45) is 7.38. The summed E-state index contributed by atoms with van der Waals surface area (Å²) < 4.78 is 27.9. The Bertz CT molecular complexity index is 1020. The number of sulfonamides is 1. The molecule has 0 N–H and O–H groups in total. The molecule has 1 fully saturated rings. The Morgan fingerprint density at radius 1 is 1.30 bits per heavy atom. The first-order valence-electron chi connectivity index (χ1n) is 10.4. The fourth-order valence-corrected chi connectivity index (χ4v) is 8.23. The van der Waals surface area contributed by atoms with Crippen molar-refractivity contribution in [2.75, 3.05) is 24.5 Å². The van der Waals surface area contributed by atoms with Crippen LogP contribution in [0.1, 0.15) is 41.1 Å². The molecule has 9 heteroatoms. The smallest absolute Gasteiger partial charge is 0.252 e. The van der Waals surface area contributed by atoms with E-state index in [0.29, 0.717) is 30.1 Å². The van der Waals surface area contributed by atoms with Crippen molar-refractivity contribution < 1.29 is 13.2 Å². The molecule has 1 unspecified atom stereocenters. The fraction of sp³-hybridized carbons (Fsp3) is 0.524. The van der Waals surface area contributed by atoms with Crippen LogP contribution in [-0.4, -0.2) is 43.2 Å². The molecule has 3 heterocycles. The number of carbonyl (C=O) groups is 1. The van der Waals surface area contributed by atoms with Gasteiger partial charge >= 0.3 is 0 Å². The Labute approximate surface area is 186 Å². The van der Waals surface area contributed by atoms with Gasteiger partial charge in [0.1, 0.15) is 4.21 Å². The lowest BCUT2D eigenvalue weighted by atomic mass is 9.98. The molecule has 1 amide bonds. The van der Waals surface area contributed by atoms with E-state index in [4.69, 9.17) is 4.98 Å². The highest BCUT2D eigenvalue weighted by molar-refractivity contribution is 7.91. The average Bonchev–Trinajstić information content (AvgIpc) is 3.38. The number of hydrogen-bond donors (Lipinski definition) is 0. The van der Waals surface area contributed by atoms with Crippen molar-refractivity contribution in [1.29, 1.82) is 0 Å². The summed E-state index contributed by atoms with van der Waals surface area (Å²) in [6.45, 7) is 6.77. The van der Waals surface area contributed by atoms with Crippen molar-refractivity contribution in [3.05, 3.63) is 40.2 Å². The summed E-state index contributed by atoms with van der Waals surface area (Å²) >= 11 is 2.88. The molecule has 1 saturated heterocycles. The number of hydrogen-bond acceptors (Lipinski definition) is 6. The predicted octanol–water partition coefficient (Wildman–Crippen LogP) is 4.01. The van der Waals surface area contributed by atoms with Gasteiger partial charge in [0, 0.05) is 29.4 Å². The van der Waals surface area contributed by atoms with E-state index in [-0.39, 0.29) is 18.4 Å². The third kappa shape index (κ3) is 4.26. The first-order valence-corrected chi connectivity index (χ1v) is 13.4. The maximum atomic E-state index is 13.4. The number of rotatable bonds is 6. The zero-order valence-corrected chi connectivity index (χ0v) is 19.6. The molecule has 2 aromatic rings. The number of fused-ring (bicyclic) bond motifs is 1. The van der Waals surface area contributed by atoms with Gasteiger partial charge in [0.05, 0.1) is 11.6 Å². The zero-order valence-electron chi connectivity index (χ0n) is 17.2. The fourth-order valence-electron chi connectivity index (χ4n) is 4.11. The molecule has 0 spiro atoms. The highest BCUT2D eigenvalue weighted by Crippen LogP contribution is 2.34. The standard InChI is InChI=1S/C21H27N3O3S3/c1-3-12-24(21-22-17-8-4-5-9-18(17)29-21)20(25)16-7-6-13-23(14-16)30(26,27)19-11-10-15(2)28-19/h3,10-11,16H,1,4-9,12-14H2,2H3. The van der Waals surface area contributed by atoms with Crippen LogP contribution in [0.3, 0.4) is 0 Å². The summed E-state index contributed by atoms with van der Waals surface area (Å²) in [6, 6.07) is 3.48. The number of nitrogens with zero attached hydrogens (tertiary/aromatic N) is 3. The molecule has 30 heavy (non-hydrogen) atoms. The molecule has 4 rings (SSSR count). The molecule has 1 atom stereocenters. The third-order valence-electron chi connectivity index (χ3n) is 5.69. The van der Waals surface area contributed by atoms with Gasteiger partial charge in [-0.3, -0.25) is 9.69 Å². The summed E-state index contributed by atoms with van der Waals surface area (Å²) in [5.41, 5.74) is 1.11. The van der Waals surface area contributed by atoms with Gasteiger partial charge in [0.2, 0.25) is 5.91 Å². The van der Waals surface area contributed by atoms with Gasteiger partial charge < -0.3 is 0 Å². The normalized spacial score (nSPS) is 20.0. The van der Waals surface area contributed by atoms with Crippen LogP contribution in [0, 0.1) is 12.8 Å². The molecule has 0 radical (unpaired) electrons. The van der Waals surface area contributed by atoms with E-state index in [1.807, 2.05) is 13.0 Å². The summed E-state index contributed by atoms with van der Waals surface area (Å²) in [4.78, 5) is 22.1. The predicted molar refractivity (Wildman–Crippen MR) is 122 cm³/mol. The van der Waals surface area contributed by atoms with Crippen molar-refractivity contribution >= 4 is 43.7 Å². The van der Waals surface area contributed by atoms with Crippen LogP contribution in [0.5, 0.6) is 0 Å². The molecule has 0 bridgehead atoms. The summed E-state index contributed by atoms with van der Waals surface area (Å²) in [5.74, 6) is -0.418. The zero-order chi connectivity index (χ0) is 21.3. The van der Waals surface area contributed by atoms with E-state index < -0.39 is 10.0 Å². The lowest BCUT2D eigenvalue weighted by Crippen LogP contribution is -2.46. The summed E-state index contributed by atoms with van der Waals surface area (Å²) in [5, 5.41) is 0.723. The first-order chi connectivity index (χ1) is 14.4. The molecule has 6 nitrogen and oxygen atoms in total. The second kappa shape index (κ2) is 8.90. The molecule has 162 valence electrons. The van der Waals surface area contributed by atoms with Crippen LogP contribution in [0.15, 0.2) is 29.0 Å². The van der Waals surface area contributed by atoms with Crippen LogP contribution in [0.4, 0.5) is 5.13 Å². The molecular weight excluding hydrogens is 438 g/mol. The quantitative estimate of drug-likeness (QED) is 0.605. The minimum absolute atomic E-state index is 0.0525. The Kier molecular flexibility index (Phi) is 6.43. The number of carbonyl (C=O) groups excluding carboxylic acids is 1. The Balaban J connectivity index is 1.54. The minimum Gasteiger partial charge on any atom is -0.284 e. The highest BCUT2D eigenvalue weighted by atomic mass is 32.2. The van der Waals surface area contributed by atoms with Gasteiger partial charge in [0.25, 0.3) is 10.0 Å². The average molecular weight is 466 g/mol. The number of amides is 1. The first kappa shape index (κ1) is 21.7. The van der Waals surface area contributed by atoms with Crippen LogP contribution in [0.2, 0.25) is 0 Å². The van der Waals surface area contributed by atoms with Gasteiger partial charge in [-0.25, -0.2) is 13.4 Å². The van der Waals surface area contributed by atoms with Gasteiger partial charge in [-0.1, -0.05) is 6.08 Å². The van der Waals surface area contributed by atoms with Crippen molar-refractivity contribution in [3.63, 3.8) is 0 Å². The van der Waals surface area contributed by atoms with E-state index in [1.54, 1.807) is 28.4 Å². The molecule has 1 aliphatic carbocycles. The number of aryl methyl sites for hydroxylation is 3. The van der Waals surface area contributed by atoms with Gasteiger partial charge in [-0.05, 0) is 57.6 Å². The minimum atomic E-state index is -3.56. The van der Waals surface area contributed by atoms with E-state index in [9.17, 15) is 13.2 Å². The van der Waals surface area contributed by atoms with Gasteiger partial charge in [0.15, 0.2) is 5.13 Å². The van der Waals surface area contributed by atoms with E-state index in [1.165, 1.54) is 26.9 Å². The molecule has 2 aromatic heterocycles. The lowest BCUT2D eigenvalue weighted by molar-refractivity contribution is -0.123. The lowest BCUT2D eigenvalue weighted by Gasteiger charge is -2.33. The largest absolute Gasteiger partial charge is 0.284 e. The number of aromatic nitrogens is 1. The number of piperidine rings is 1. The van der Waals surface area contributed by atoms with Crippen molar-refractivity contribution in [3.8, 4) is 0 Å². The molecule has 1 aliphatic heterocycles. The molecule has 2 aliphatic rings. The number of thiophene rings is 1. The second-order valence-electron chi connectivity index (χ2n) is 7.88. The van der Waals surface area contributed by atoms with Crippen LogP contribution in [0.25, 0.3) is 0 Å². The van der Waals surface area contributed by atoms with Gasteiger partial charge in [-0.2, -0.15) is 4.31 Å². The van der Waals surface area contributed by atoms with E-state index >= 15 is 0 Å². The molecule has 0 saturated carbocycles. The van der Waals surface area contributed by atoms with Crippen molar-refractivity contribution in [2.24, 2.45) is 5.92 Å². The number of thiazole rings is 1. The van der Waals surface area contributed by atoms with E-state index in [2.05, 4.69) is 6.58 Å². The summed E-state index contributed by atoms with van der Waals surface area (Å²) in [7, 11) is -3.56. The Morgan fingerprint density at radius 2 is 2.10 bits per heavy atom. The maximum absolute atomic E-state index is 13.4. The van der Waals surface area contributed by atoms with Crippen LogP contribution >= 0.6 is 22.7 Å². The maximum Gasteiger partial charge on any atom is 0.252 e.